The number of ether oxygens (including phenoxy) is 1. The van der Waals surface area contributed by atoms with E-state index in [0.29, 0.717) is 53.3 Å². The van der Waals surface area contributed by atoms with Gasteiger partial charge in [-0.2, -0.15) is 0 Å². The highest BCUT2D eigenvalue weighted by Crippen LogP contribution is 2.60. The summed E-state index contributed by atoms with van der Waals surface area (Å²) in [6.07, 6.45) is 15.0. The molecule has 0 spiro atoms. The molecule has 236 valence electrons. The van der Waals surface area contributed by atoms with Crippen LogP contribution in [0.1, 0.15) is 99.0 Å². The molecule has 0 amide bonds. The molecule has 0 radical (unpaired) electrons. The predicted molar refractivity (Wildman–Crippen MR) is 176 cm³/mol. The zero-order valence-corrected chi connectivity index (χ0v) is 27.5. The van der Waals surface area contributed by atoms with Gasteiger partial charge in [0.2, 0.25) is 0 Å². The second-order valence-electron chi connectivity index (χ2n) is 14.8. The Bertz CT molecular complexity index is 1650. The van der Waals surface area contributed by atoms with Crippen LogP contribution in [-0.4, -0.2) is 21.4 Å². The van der Waals surface area contributed by atoms with Crippen LogP contribution in [0.5, 0.6) is 0 Å². The molecule has 0 bridgehead atoms. The van der Waals surface area contributed by atoms with Gasteiger partial charge in [0.05, 0.1) is 23.4 Å². The molecule has 6 rings (SSSR count). The summed E-state index contributed by atoms with van der Waals surface area (Å²) in [5, 5.41) is 0.953. The third kappa shape index (κ3) is 5.37. The van der Waals surface area contributed by atoms with Crippen molar-refractivity contribution in [2.24, 2.45) is 35.0 Å². The molecule has 6 nitrogen and oxygen atoms in total. The Morgan fingerprint density at radius 1 is 1.00 bits per heavy atom. The average Bonchev–Trinajstić information content (AvgIpc) is 3.36. The number of nitrogens with zero attached hydrogens (tertiary/aromatic N) is 2. The molecule has 1 aromatic carbocycles. The van der Waals surface area contributed by atoms with Gasteiger partial charge in [-0.05, 0) is 103 Å². The summed E-state index contributed by atoms with van der Waals surface area (Å²) in [4.78, 5) is 39.9. The Morgan fingerprint density at radius 3 is 2.43 bits per heavy atom. The number of allylic oxidation sites excluding steroid dienone is 5. The molecule has 2 fully saturated rings. The summed E-state index contributed by atoms with van der Waals surface area (Å²) in [6.45, 7) is 13.7. The van der Waals surface area contributed by atoms with E-state index >= 15 is 0 Å². The Morgan fingerprint density at radius 2 is 1.73 bits per heavy atom. The number of carbonyl (C=O) groups is 1. The molecule has 0 saturated heterocycles. The number of aromatic nitrogens is 2. The molecular weight excluding hydrogens is 548 g/mol. The summed E-state index contributed by atoms with van der Waals surface area (Å²) < 4.78 is 9.15. The number of carbonyl (C=O) groups excluding carboxylic acids is 1. The van der Waals surface area contributed by atoms with Crippen molar-refractivity contribution in [3.63, 3.8) is 0 Å². The third-order valence-corrected chi connectivity index (χ3v) is 11.9. The van der Waals surface area contributed by atoms with Gasteiger partial charge in [-0.25, -0.2) is 9.36 Å². The van der Waals surface area contributed by atoms with Crippen molar-refractivity contribution in [2.45, 2.75) is 112 Å². The smallest absolute Gasteiger partial charge is 0.302 e. The van der Waals surface area contributed by atoms with Gasteiger partial charge in [-0.3, -0.25) is 14.4 Å². The third-order valence-electron chi connectivity index (χ3n) is 11.9. The fourth-order valence-electron chi connectivity index (χ4n) is 9.14. The van der Waals surface area contributed by atoms with E-state index < -0.39 is 0 Å². The zero-order valence-electron chi connectivity index (χ0n) is 27.5. The predicted octanol–water partition coefficient (Wildman–Crippen LogP) is 7.76. The van der Waals surface area contributed by atoms with Gasteiger partial charge in [0, 0.05) is 13.3 Å². The minimum atomic E-state index is -0.345. The maximum Gasteiger partial charge on any atom is 0.302 e. The van der Waals surface area contributed by atoms with E-state index in [1.807, 2.05) is 12.1 Å². The van der Waals surface area contributed by atoms with Crippen LogP contribution >= 0.6 is 0 Å². The number of fused-ring (bicyclic) bond motifs is 3. The van der Waals surface area contributed by atoms with Crippen molar-refractivity contribution >= 4 is 16.7 Å². The van der Waals surface area contributed by atoms with Crippen LogP contribution in [0.15, 0.2) is 68.8 Å². The van der Waals surface area contributed by atoms with Crippen LogP contribution in [0.3, 0.4) is 0 Å². The maximum absolute atomic E-state index is 14.2. The van der Waals surface area contributed by atoms with Gasteiger partial charge in [-0.15, -0.1) is 0 Å². The Balaban J connectivity index is 1.42. The first-order chi connectivity index (χ1) is 21.0. The first-order valence-electron chi connectivity index (χ1n) is 17.0. The van der Waals surface area contributed by atoms with Crippen molar-refractivity contribution < 1.29 is 9.53 Å². The topological polar surface area (TPSA) is 70.3 Å². The van der Waals surface area contributed by atoms with Crippen LogP contribution < -0.4 is 11.1 Å². The quantitative estimate of drug-likeness (QED) is 0.252. The molecule has 1 aromatic heterocycles. The van der Waals surface area contributed by atoms with Crippen LogP contribution in [0.2, 0.25) is 0 Å². The first-order valence-corrected chi connectivity index (χ1v) is 17.0. The van der Waals surface area contributed by atoms with Crippen molar-refractivity contribution in [3.8, 4) is 0 Å². The maximum atomic E-state index is 14.2. The molecule has 3 aliphatic carbocycles. The Labute approximate surface area is 261 Å². The molecule has 0 N–H and O–H groups in total. The molecule has 44 heavy (non-hydrogen) atoms. The Kier molecular flexibility index (Phi) is 8.40. The summed E-state index contributed by atoms with van der Waals surface area (Å²) in [7, 11) is 0. The number of benzene rings is 1. The monoisotopic (exact) mass is 598 g/mol. The van der Waals surface area contributed by atoms with Crippen LogP contribution in [0.25, 0.3) is 10.8 Å². The lowest BCUT2D eigenvalue weighted by Gasteiger charge is -2.45. The molecule has 7 unspecified atom stereocenters. The normalized spacial score (nSPS) is 30.8. The second-order valence-corrected chi connectivity index (χ2v) is 14.8. The van der Waals surface area contributed by atoms with Gasteiger partial charge in [0.25, 0.3) is 11.1 Å². The highest BCUT2D eigenvalue weighted by Gasteiger charge is 2.50. The molecule has 7 atom stereocenters. The molecule has 2 aromatic rings. The minimum absolute atomic E-state index is 0.108. The number of esters is 1. The van der Waals surface area contributed by atoms with Crippen LogP contribution in [0.4, 0.5) is 0 Å². The van der Waals surface area contributed by atoms with Crippen molar-refractivity contribution in [1.82, 2.24) is 9.36 Å². The lowest BCUT2D eigenvalue weighted by Crippen LogP contribution is -2.46. The molecule has 4 aliphatic rings. The first kappa shape index (κ1) is 30.9. The van der Waals surface area contributed by atoms with E-state index in [9.17, 15) is 14.4 Å². The van der Waals surface area contributed by atoms with Gasteiger partial charge in [-0.1, -0.05) is 70.6 Å². The lowest BCUT2D eigenvalue weighted by atomic mass is 9.61. The number of rotatable bonds is 6. The number of hydrogen-bond donors (Lipinski definition) is 0. The van der Waals surface area contributed by atoms with Gasteiger partial charge in [0.15, 0.2) is 0 Å². The van der Waals surface area contributed by atoms with E-state index in [2.05, 4.69) is 52.8 Å². The zero-order chi connectivity index (χ0) is 31.3. The largest absolute Gasteiger partial charge is 0.462 e. The molecule has 6 heteroatoms. The van der Waals surface area contributed by atoms with E-state index in [0.717, 1.165) is 31.3 Å². The molecule has 2 heterocycles. The fraction of sp³-hybridized carbons (Fsp3) is 0.605. The molecule has 2 saturated carbocycles. The average molecular weight is 599 g/mol. The van der Waals surface area contributed by atoms with Gasteiger partial charge in [0.1, 0.15) is 6.10 Å². The highest BCUT2D eigenvalue weighted by molar-refractivity contribution is 5.80. The van der Waals surface area contributed by atoms with Crippen LogP contribution in [0, 0.1) is 35.0 Å². The van der Waals surface area contributed by atoms with Crippen LogP contribution in [-0.2, 0) is 16.1 Å². The highest BCUT2D eigenvalue weighted by atomic mass is 16.5. The second kappa shape index (κ2) is 12.0. The summed E-state index contributed by atoms with van der Waals surface area (Å²) in [6, 6.07) is 6.86. The van der Waals surface area contributed by atoms with E-state index in [1.165, 1.54) is 37.3 Å². The fourth-order valence-corrected chi connectivity index (χ4v) is 9.14. The van der Waals surface area contributed by atoms with E-state index in [-0.39, 0.29) is 34.6 Å². The minimum Gasteiger partial charge on any atom is -0.462 e. The summed E-state index contributed by atoms with van der Waals surface area (Å²) >= 11 is 0. The summed E-state index contributed by atoms with van der Waals surface area (Å²) in [5.74, 6) is 2.55. The van der Waals surface area contributed by atoms with Gasteiger partial charge < -0.3 is 4.74 Å². The Hall–Kier alpha value is -3.15. The number of hydrogen-bond acceptors (Lipinski definition) is 4. The van der Waals surface area contributed by atoms with E-state index in [1.54, 1.807) is 21.5 Å². The van der Waals surface area contributed by atoms with E-state index in [4.69, 9.17) is 4.74 Å². The SMILES string of the molecule is CC(=O)OC1CCC2=C(C1)C(C=C1CCCC3(C)C1CCC3C(C)C=CC(C)C(C)C)n1c(=O)c3ccccc3c(=O)n1C2. The summed E-state index contributed by atoms with van der Waals surface area (Å²) in [5.41, 5.74) is 3.80. The standard InChI is InChI=1S/C38H50N2O4/c1-23(2)24(3)13-14-25(4)33-17-18-34-27(10-9-19-38(33,34)6)20-35-32-21-29(44-26(5)41)16-15-28(32)22-39-36(42)30-11-7-8-12-31(30)37(43)40(35)39/h7-8,11-14,20,23-25,29,33-35H,9-10,15-19,21-22H2,1-6H3. The van der Waals surface area contributed by atoms with Crippen molar-refractivity contribution in [1.29, 1.82) is 0 Å². The van der Waals surface area contributed by atoms with Gasteiger partial charge >= 0.3 is 5.97 Å². The lowest BCUT2D eigenvalue weighted by molar-refractivity contribution is -0.146. The molecule has 1 aliphatic heterocycles. The molecular formula is C38H50N2O4. The van der Waals surface area contributed by atoms with Crippen molar-refractivity contribution in [3.05, 3.63) is 79.9 Å². The van der Waals surface area contributed by atoms with Crippen molar-refractivity contribution in [2.75, 3.05) is 0 Å².